The predicted molar refractivity (Wildman–Crippen MR) is 184 cm³/mol. The van der Waals surface area contributed by atoms with Gasteiger partial charge in [0.1, 0.15) is 19.3 Å². The third-order valence-corrected chi connectivity index (χ3v) is 12.2. The Balaban J connectivity index is 1.66. The molecule has 2 heterocycles. The molecule has 1 aliphatic rings. The second-order valence-corrected chi connectivity index (χ2v) is 26.4. The Kier molecular flexibility index (Phi) is 11.8. The molecule has 0 amide bonds. The van der Waals surface area contributed by atoms with E-state index in [1.54, 1.807) is 9.13 Å². The van der Waals surface area contributed by atoms with E-state index in [4.69, 9.17) is 25.8 Å². The highest BCUT2D eigenvalue weighted by Crippen LogP contribution is 2.37. The zero-order valence-corrected chi connectivity index (χ0v) is 30.4. The molecular formula is C33H51ClFN3O4Si2-2. The normalized spacial score (nSPS) is 16.5. The number of rotatable bonds is 15. The van der Waals surface area contributed by atoms with E-state index in [1.165, 1.54) is 12.1 Å². The number of imidazole rings is 1. The lowest BCUT2D eigenvalue weighted by molar-refractivity contribution is 0.0169. The van der Waals surface area contributed by atoms with E-state index in [2.05, 4.69) is 44.6 Å². The van der Waals surface area contributed by atoms with Crippen LogP contribution in [-0.4, -0.2) is 58.2 Å². The van der Waals surface area contributed by atoms with Crippen molar-refractivity contribution in [1.29, 1.82) is 0 Å². The number of fused-ring (bicyclic) bond motifs is 1. The largest absolute Gasteiger partial charge is 0.373 e. The summed E-state index contributed by atoms with van der Waals surface area (Å²) in [5, 5.41) is 3.97. The first kappa shape index (κ1) is 35.1. The lowest BCUT2D eigenvalue weighted by atomic mass is 9.74. The summed E-state index contributed by atoms with van der Waals surface area (Å²) in [6, 6.07) is 12.6. The van der Waals surface area contributed by atoms with Gasteiger partial charge in [-0.3, -0.25) is 9.13 Å². The Morgan fingerprint density at radius 1 is 0.932 bits per heavy atom. The second kappa shape index (κ2) is 14.7. The van der Waals surface area contributed by atoms with Gasteiger partial charge in [0.25, 0.3) is 0 Å². The van der Waals surface area contributed by atoms with Crippen molar-refractivity contribution in [1.82, 2.24) is 14.5 Å². The van der Waals surface area contributed by atoms with E-state index in [9.17, 15) is 9.18 Å². The molecule has 0 aliphatic carbocycles. The van der Waals surface area contributed by atoms with Crippen LogP contribution in [0.2, 0.25) is 56.4 Å². The summed E-state index contributed by atoms with van der Waals surface area (Å²) in [6.45, 7) is 19.6. The van der Waals surface area contributed by atoms with Crippen LogP contribution in [0.5, 0.6) is 0 Å². The van der Waals surface area contributed by atoms with Gasteiger partial charge in [0.2, 0.25) is 0 Å². The van der Waals surface area contributed by atoms with Gasteiger partial charge in [-0.15, -0.1) is 28.2 Å². The zero-order valence-electron chi connectivity index (χ0n) is 27.6. The number of hydrogen-bond acceptors (Lipinski definition) is 5. The van der Waals surface area contributed by atoms with E-state index in [1.807, 2.05) is 31.2 Å². The molecule has 0 bridgehead atoms. The van der Waals surface area contributed by atoms with Crippen LogP contribution in [0.25, 0.3) is 11.0 Å². The van der Waals surface area contributed by atoms with Gasteiger partial charge in [-0.05, 0) is 62.7 Å². The summed E-state index contributed by atoms with van der Waals surface area (Å²) in [7, 11) is -2.57. The number of ether oxygens (including phenoxy) is 3. The maximum Gasteiger partial charge on any atom is 0.332 e. The Hall–Kier alpha value is -1.80. The number of aromatic nitrogens is 2. The molecule has 1 fully saturated rings. The smallest absolute Gasteiger partial charge is 0.332 e. The molecular weight excluding hydrogens is 613 g/mol. The van der Waals surface area contributed by atoms with Gasteiger partial charge >= 0.3 is 5.69 Å². The second-order valence-electron chi connectivity index (χ2n) is 14.7. The van der Waals surface area contributed by atoms with Gasteiger partial charge in [0.05, 0.1) is 23.7 Å². The number of nitrogens with zero attached hydrogens (tertiary/aromatic N) is 2. The van der Waals surface area contributed by atoms with Gasteiger partial charge in [-0.25, -0.2) is 9.18 Å². The van der Waals surface area contributed by atoms with Crippen molar-refractivity contribution in [3.8, 4) is 0 Å². The monoisotopic (exact) mass is 663 g/mol. The lowest BCUT2D eigenvalue weighted by Gasteiger charge is -2.39. The molecule has 1 N–H and O–H groups in total. The molecule has 1 aliphatic heterocycles. The fourth-order valence-corrected chi connectivity index (χ4v) is 7.41. The average Bonchev–Trinajstić information content (AvgIpc) is 3.21. The maximum atomic E-state index is 13.9. The van der Waals surface area contributed by atoms with E-state index >= 15 is 0 Å². The van der Waals surface area contributed by atoms with E-state index in [0.717, 1.165) is 54.7 Å². The van der Waals surface area contributed by atoms with Gasteiger partial charge in [-0.1, -0.05) is 23.7 Å². The van der Waals surface area contributed by atoms with Gasteiger partial charge < -0.3 is 19.5 Å². The topological polar surface area (TPSA) is 66.7 Å². The molecule has 1 aromatic heterocycles. The first-order chi connectivity index (χ1) is 20.7. The summed E-state index contributed by atoms with van der Waals surface area (Å²) >= 11 is 6.70. The lowest BCUT2D eigenvalue weighted by Crippen LogP contribution is -2.43. The summed E-state index contributed by atoms with van der Waals surface area (Å²) in [4.78, 5) is 13.9. The van der Waals surface area contributed by atoms with E-state index in [-0.39, 0.29) is 36.5 Å². The summed E-state index contributed by atoms with van der Waals surface area (Å²) < 4.78 is 36.0. The Bertz CT molecular complexity index is 1440. The number of halogens is 2. The van der Waals surface area contributed by atoms with Crippen LogP contribution >= 0.6 is 11.6 Å². The number of hydrogen-bond donors (Lipinski definition) is 1. The summed E-state index contributed by atoms with van der Waals surface area (Å²) in [5.41, 5.74) is 2.97. The molecule has 0 radical (unpaired) electrons. The molecule has 7 nitrogen and oxygen atoms in total. The fraction of sp³-hybridized carbons (Fsp3) is 0.606. The van der Waals surface area contributed by atoms with Crippen molar-refractivity contribution in [2.75, 3.05) is 32.9 Å². The first-order valence-electron chi connectivity index (χ1n) is 15.9. The number of nitrogens with one attached hydrogen (secondary N) is 1. The summed E-state index contributed by atoms with van der Waals surface area (Å²) in [5.74, 6) is -0.243. The minimum Gasteiger partial charge on any atom is -0.373 e. The Morgan fingerprint density at radius 3 is 2.07 bits per heavy atom. The fourth-order valence-electron chi connectivity index (χ4n) is 5.67. The molecule has 1 saturated heterocycles. The van der Waals surface area contributed by atoms with Crippen LogP contribution in [0.1, 0.15) is 37.0 Å². The Labute approximate surface area is 269 Å². The molecule has 0 spiro atoms. The minimum atomic E-state index is -1.29. The van der Waals surface area contributed by atoms with Crippen LogP contribution in [0.3, 0.4) is 0 Å². The average molecular weight is 664 g/mol. The molecule has 2 aromatic carbocycles. The van der Waals surface area contributed by atoms with Crippen LogP contribution in [0.15, 0.2) is 41.2 Å². The number of piperidine rings is 1. The van der Waals surface area contributed by atoms with Crippen molar-refractivity contribution in [2.45, 2.75) is 96.1 Å². The van der Waals surface area contributed by atoms with Crippen molar-refractivity contribution in [3.63, 3.8) is 0 Å². The van der Waals surface area contributed by atoms with Gasteiger partial charge in [0.15, 0.2) is 0 Å². The Morgan fingerprint density at radius 2 is 1.50 bits per heavy atom. The minimum absolute atomic E-state index is 0.147. The highest BCUT2D eigenvalue weighted by Gasteiger charge is 2.35. The molecule has 4 rings (SSSR count). The highest BCUT2D eigenvalue weighted by molar-refractivity contribution is 6.76. The summed E-state index contributed by atoms with van der Waals surface area (Å²) in [6.07, 6.45) is 1.41. The maximum absolute atomic E-state index is 13.9. The van der Waals surface area contributed by atoms with Crippen LogP contribution in [0, 0.1) is 5.82 Å². The van der Waals surface area contributed by atoms with Crippen LogP contribution < -0.4 is 11.0 Å². The van der Waals surface area contributed by atoms with E-state index in [0.29, 0.717) is 30.4 Å². The van der Waals surface area contributed by atoms with Crippen molar-refractivity contribution >= 4 is 38.8 Å². The molecule has 44 heavy (non-hydrogen) atoms. The van der Waals surface area contributed by atoms with Crippen molar-refractivity contribution < 1.29 is 18.6 Å². The number of benzene rings is 2. The third-order valence-electron chi connectivity index (χ3n) is 8.60. The zero-order chi connectivity index (χ0) is 32.1. The van der Waals surface area contributed by atoms with Gasteiger partial charge in [-0.2, -0.15) is 39.3 Å². The van der Waals surface area contributed by atoms with Crippen LogP contribution in [0.4, 0.5) is 4.39 Å². The third kappa shape index (κ3) is 9.14. The quantitative estimate of drug-likeness (QED) is 0.134. The van der Waals surface area contributed by atoms with Crippen molar-refractivity contribution in [3.05, 3.63) is 68.8 Å². The highest BCUT2D eigenvalue weighted by atomic mass is 35.5. The molecule has 1 atom stereocenters. The van der Waals surface area contributed by atoms with Gasteiger partial charge in [0, 0.05) is 29.2 Å². The molecule has 3 aromatic rings. The molecule has 1 unspecified atom stereocenters. The molecule has 246 valence electrons. The molecule has 11 heteroatoms. The first-order valence-corrected chi connectivity index (χ1v) is 23.6. The molecule has 0 saturated carbocycles. The van der Waals surface area contributed by atoms with Crippen LogP contribution in [-0.2, 0) is 33.1 Å². The SMILES string of the molecule is CC(OCC1(c2ccc(F)cc2)CCNCC1)c1cc(Cl)cc2c1n(COCC[Si-](C)(C)C)c(=O)n2COCC[Si-](C)(C)C. The van der Waals surface area contributed by atoms with Crippen molar-refractivity contribution in [2.24, 2.45) is 0 Å². The predicted octanol–water partition coefficient (Wildman–Crippen LogP) is 7.62. The van der Waals surface area contributed by atoms with E-state index < -0.39 is 16.1 Å². The standard InChI is InChI=1S/C33H51ClFN3O4Si2/c1-25(42-22-33(12-14-36-15-13-33)26-8-10-28(35)11-9-26)29-20-27(34)21-30-31(29)38(24-41-17-19-44(5,6)7)32(39)37(30)23-40-16-18-43(2,3)4/h8-11,20-21,25,36H,12-19,22-24H2,1-7H3/q-2.